The Kier molecular flexibility index (Phi) is 4.51. The van der Waals surface area contributed by atoms with Crippen LogP contribution in [-0.2, 0) is 9.53 Å². The van der Waals surface area contributed by atoms with Gasteiger partial charge in [-0.1, -0.05) is 6.07 Å². The van der Waals surface area contributed by atoms with Crippen molar-refractivity contribution in [3.63, 3.8) is 0 Å². The van der Waals surface area contributed by atoms with Gasteiger partial charge in [0.25, 0.3) is 5.69 Å². The predicted octanol–water partition coefficient (Wildman–Crippen LogP) is 2.56. The molecule has 1 rings (SSSR count). The van der Waals surface area contributed by atoms with Crippen LogP contribution in [0.25, 0.3) is 0 Å². The number of benzene rings is 1. The molecular weight excluding hydrogens is 242 g/mol. The Morgan fingerprint density at radius 2 is 2.18 bits per heavy atom. The summed E-state index contributed by atoms with van der Waals surface area (Å²) in [5.74, 6) is -0.397. The average molecular weight is 255 g/mol. The van der Waals surface area contributed by atoms with E-state index in [-0.39, 0.29) is 5.69 Å². The van der Waals surface area contributed by atoms with E-state index in [0.717, 1.165) is 17.3 Å². The van der Waals surface area contributed by atoms with Crippen LogP contribution in [0.5, 0.6) is 0 Å². The van der Waals surface area contributed by atoms with Crippen LogP contribution >= 0.6 is 11.8 Å². The molecule has 0 saturated carbocycles. The first-order chi connectivity index (χ1) is 7.95. The molecule has 0 aliphatic rings. The summed E-state index contributed by atoms with van der Waals surface area (Å²) in [4.78, 5) is 22.1. The molecule has 0 radical (unpaired) electrons. The normalized spacial score (nSPS) is 11.9. The third kappa shape index (κ3) is 3.45. The largest absolute Gasteiger partial charge is 0.468 e. The molecule has 5 nitrogen and oxygen atoms in total. The average Bonchev–Trinajstić information content (AvgIpc) is 2.27. The fourth-order valence-electron chi connectivity index (χ4n) is 1.27. The molecule has 0 spiro atoms. The van der Waals surface area contributed by atoms with E-state index in [1.807, 2.05) is 6.92 Å². The number of ether oxygens (including phenoxy) is 1. The molecule has 1 aromatic rings. The summed E-state index contributed by atoms with van der Waals surface area (Å²) in [6.07, 6.45) is 0. The lowest BCUT2D eigenvalue weighted by molar-refractivity contribution is -0.387. The van der Waals surface area contributed by atoms with Crippen molar-refractivity contribution >= 4 is 23.4 Å². The van der Waals surface area contributed by atoms with Crippen LogP contribution in [0.2, 0.25) is 0 Å². The first-order valence-corrected chi connectivity index (χ1v) is 5.83. The number of aryl methyl sites for hydroxylation is 1. The summed E-state index contributed by atoms with van der Waals surface area (Å²) >= 11 is 1.13. The van der Waals surface area contributed by atoms with Gasteiger partial charge in [-0.15, -0.1) is 11.8 Å². The van der Waals surface area contributed by atoms with Crippen molar-refractivity contribution in [2.45, 2.75) is 24.0 Å². The summed E-state index contributed by atoms with van der Waals surface area (Å²) in [7, 11) is 1.30. The van der Waals surface area contributed by atoms with Crippen molar-refractivity contribution in [2.75, 3.05) is 7.11 Å². The molecule has 0 saturated heterocycles. The highest BCUT2D eigenvalue weighted by Crippen LogP contribution is 2.33. The number of carbonyl (C=O) groups excluding carboxylic acids is 1. The number of methoxy groups -OCH3 is 1. The number of thioether (sulfide) groups is 1. The lowest BCUT2D eigenvalue weighted by Gasteiger charge is -2.09. The van der Waals surface area contributed by atoms with Gasteiger partial charge in [0.1, 0.15) is 5.25 Å². The predicted molar refractivity (Wildman–Crippen MR) is 65.2 cm³/mol. The third-order valence-electron chi connectivity index (χ3n) is 2.15. The smallest absolute Gasteiger partial charge is 0.318 e. The summed E-state index contributed by atoms with van der Waals surface area (Å²) < 4.78 is 4.59. The second-order valence-corrected chi connectivity index (χ2v) is 4.89. The van der Waals surface area contributed by atoms with Gasteiger partial charge in [-0.25, -0.2) is 0 Å². The lowest BCUT2D eigenvalue weighted by Crippen LogP contribution is -2.14. The van der Waals surface area contributed by atoms with Crippen LogP contribution in [-0.4, -0.2) is 23.3 Å². The molecule has 0 fully saturated rings. The molecule has 0 N–H and O–H groups in total. The number of hydrogen-bond acceptors (Lipinski definition) is 5. The Balaban J connectivity index is 3.00. The highest BCUT2D eigenvalue weighted by atomic mass is 32.2. The number of esters is 1. The molecule has 0 unspecified atom stereocenters. The van der Waals surface area contributed by atoms with Gasteiger partial charge in [0, 0.05) is 6.07 Å². The van der Waals surface area contributed by atoms with Gasteiger partial charge in [-0.3, -0.25) is 14.9 Å². The summed E-state index contributed by atoms with van der Waals surface area (Å²) in [5.41, 5.74) is 0.923. The number of rotatable bonds is 4. The SMILES string of the molecule is COC(=O)[C@@H](C)Sc1cc(C)ccc1[N+](=O)[O-]. The van der Waals surface area contributed by atoms with E-state index in [0.29, 0.717) is 4.90 Å². The molecule has 1 atom stereocenters. The zero-order chi connectivity index (χ0) is 13.0. The van der Waals surface area contributed by atoms with Gasteiger partial charge >= 0.3 is 5.97 Å². The Morgan fingerprint density at radius 3 is 2.71 bits per heavy atom. The Hall–Kier alpha value is -1.56. The Morgan fingerprint density at radius 1 is 1.53 bits per heavy atom. The molecule has 0 aliphatic carbocycles. The van der Waals surface area contributed by atoms with Gasteiger partial charge < -0.3 is 4.74 Å². The third-order valence-corrected chi connectivity index (χ3v) is 3.28. The summed E-state index contributed by atoms with van der Waals surface area (Å²) in [6.45, 7) is 3.50. The van der Waals surface area contributed by atoms with E-state index in [2.05, 4.69) is 4.74 Å². The topological polar surface area (TPSA) is 69.4 Å². The molecule has 17 heavy (non-hydrogen) atoms. The number of carbonyl (C=O) groups is 1. The zero-order valence-electron chi connectivity index (χ0n) is 9.80. The summed E-state index contributed by atoms with van der Waals surface area (Å²) in [5, 5.41) is 10.4. The van der Waals surface area contributed by atoms with Crippen molar-refractivity contribution in [3.8, 4) is 0 Å². The molecule has 0 aromatic heterocycles. The molecule has 0 heterocycles. The van der Waals surface area contributed by atoms with E-state index in [1.165, 1.54) is 13.2 Å². The van der Waals surface area contributed by atoms with Gasteiger partial charge in [0.2, 0.25) is 0 Å². The van der Waals surface area contributed by atoms with Crippen molar-refractivity contribution in [1.82, 2.24) is 0 Å². The molecule has 1 aromatic carbocycles. The fraction of sp³-hybridized carbons (Fsp3) is 0.364. The minimum atomic E-state index is -0.472. The highest BCUT2D eigenvalue weighted by molar-refractivity contribution is 8.00. The Labute approximate surface area is 103 Å². The standard InChI is InChI=1S/C11H13NO4S/c1-7-4-5-9(12(14)15)10(6-7)17-8(2)11(13)16-3/h4-6,8H,1-3H3/t8-/m1/s1. The van der Waals surface area contributed by atoms with E-state index < -0.39 is 16.1 Å². The quantitative estimate of drug-likeness (QED) is 0.358. The monoisotopic (exact) mass is 255 g/mol. The molecule has 0 aliphatic heterocycles. The Bertz CT molecular complexity index is 447. The molecule has 0 amide bonds. The minimum absolute atomic E-state index is 0.0105. The van der Waals surface area contributed by atoms with E-state index >= 15 is 0 Å². The van der Waals surface area contributed by atoms with Crippen molar-refractivity contribution in [1.29, 1.82) is 0 Å². The van der Waals surface area contributed by atoms with Gasteiger partial charge in [0.15, 0.2) is 0 Å². The molecule has 92 valence electrons. The maximum absolute atomic E-state index is 11.3. The number of nitro groups is 1. The maximum atomic E-state index is 11.3. The first kappa shape index (κ1) is 13.5. The van der Waals surface area contributed by atoms with E-state index in [9.17, 15) is 14.9 Å². The number of hydrogen-bond donors (Lipinski definition) is 0. The maximum Gasteiger partial charge on any atom is 0.318 e. The molecule has 0 bridgehead atoms. The van der Waals surface area contributed by atoms with Crippen LogP contribution in [0.15, 0.2) is 23.1 Å². The highest BCUT2D eigenvalue weighted by Gasteiger charge is 2.21. The van der Waals surface area contributed by atoms with Gasteiger partial charge in [-0.2, -0.15) is 0 Å². The van der Waals surface area contributed by atoms with Crippen LogP contribution in [0.3, 0.4) is 0 Å². The second kappa shape index (κ2) is 5.67. The molecular formula is C11H13NO4S. The minimum Gasteiger partial charge on any atom is -0.468 e. The van der Waals surface area contributed by atoms with Crippen LogP contribution in [0.4, 0.5) is 5.69 Å². The van der Waals surface area contributed by atoms with Crippen molar-refractivity contribution in [3.05, 3.63) is 33.9 Å². The van der Waals surface area contributed by atoms with E-state index in [4.69, 9.17) is 0 Å². The zero-order valence-corrected chi connectivity index (χ0v) is 10.6. The van der Waals surface area contributed by atoms with Crippen LogP contribution in [0.1, 0.15) is 12.5 Å². The van der Waals surface area contributed by atoms with Crippen LogP contribution < -0.4 is 0 Å². The van der Waals surface area contributed by atoms with Crippen LogP contribution in [0, 0.1) is 17.0 Å². The van der Waals surface area contributed by atoms with Crippen molar-refractivity contribution < 1.29 is 14.5 Å². The fourth-order valence-corrected chi connectivity index (χ4v) is 2.36. The number of nitro benzene ring substituents is 1. The van der Waals surface area contributed by atoms with E-state index in [1.54, 1.807) is 19.1 Å². The van der Waals surface area contributed by atoms with Gasteiger partial charge in [0.05, 0.1) is 16.9 Å². The summed E-state index contributed by atoms with van der Waals surface area (Å²) in [6, 6.07) is 4.81. The second-order valence-electron chi connectivity index (χ2n) is 3.51. The van der Waals surface area contributed by atoms with Gasteiger partial charge in [-0.05, 0) is 25.5 Å². The first-order valence-electron chi connectivity index (χ1n) is 4.95. The van der Waals surface area contributed by atoms with Crippen molar-refractivity contribution in [2.24, 2.45) is 0 Å². The lowest BCUT2D eigenvalue weighted by atomic mass is 10.2. The molecule has 6 heteroatoms. The number of nitrogens with zero attached hydrogens (tertiary/aromatic N) is 1.